The summed E-state index contributed by atoms with van der Waals surface area (Å²) in [4.78, 5) is 2.71. The van der Waals surface area contributed by atoms with E-state index in [0.29, 0.717) is 6.04 Å². The molecule has 2 rings (SSSR count). The van der Waals surface area contributed by atoms with Crippen LogP contribution >= 0.6 is 0 Å². The summed E-state index contributed by atoms with van der Waals surface area (Å²) in [5.74, 6) is 0.759. The summed E-state index contributed by atoms with van der Waals surface area (Å²) < 4.78 is 0. The lowest BCUT2D eigenvalue weighted by Crippen LogP contribution is -2.62. The third kappa shape index (κ3) is 3.24. The first-order chi connectivity index (χ1) is 9.60. The van der Waals surface area contributed by atoms with Crippen LogP contribution in [0.5, 0.6) is 0 Å². The van der Waals surface area contributed by atoms with Crippen LogP contribution in [-0.2, 0) is 5.54 Å². The zero-order chi connectivity index (χ0) is 14.6. The molecule has 2 heteroatoms. The monoisotopic (exact) mass is 274 g/mol. The molecule has 0 spiro atoms. The quantitative estimate of drug-likeness (QED) is 0.882. The molecule has 0 saturated carbocycles. The highest BCUT2D eigenvalue weighted by atomic mass is 15.3. The molecular formula is C18H30N2. The van der Waals surface area contributed by atoms with Crippen LogP contribution in [0.4, 0.5) is 0 Å². The van der Waals surface area contributed by atoms with Crippen molar-refractivity contribution in [2.75, 3.05) is 19.6 Å². The minimum Gasteiger partial charge on any atom is -0.305 e. The van der Waals surface area contributed by atoms with Crippen LogP contribution in [0.25, 0.3) is 0 Å². The number of piperazine rings is 1. The third-order valence-corrected chi connectivity index (χ3v) is 4.91. The number of hydrogen-bond acceptors (Lipinski definition) is 2. The zero-order valence-corrected chi connectivity index (χ0v) is 13.5. The second-order valence-corrected chi connectivity index (χ2v) is 6.50. The molecule has 1 aliphatic rings. The zero-order valence-electron chi connectivity index (χ0n) is 13.5. The van der Waals surface area contributed by atoms with Gasteiger partial charge >= 0.3 is 0 Å². The van der Waals surface area contributed by atoms with E-state index in [4.69, 9.17) is 0 Å². The largest absolute Gasteiger partial charge is 0.305 e. The van der Waals surface area contributed by atoms with Crippen LogP contribution in [0.15, 0.2) is 30.3 Å². The molecular weight excluding hydrogens is 244 g/mol. The Bertz CT molecular complexity index is 403. The van der Waals surface area contributed by atoms with Gasteiger partial charge in [-0.3, -0.25) is 4.90 Å². The number of rotatable bonds is 5. The van der Waals surface area contributed by atoms with Crippen molar-refractivity contribution in [1.82, 2.24) is 10.2 Å². The smallest absolute Gasteiger partial charge is 0.0535 e. The fourth-order valence-electron chi connectivity index (χ4n) is 3.40. The highest BCUT2D eigenvalue weighted by Crippen LogP contribution is 2.29. The molecule has 0 bridgehead atoms. The van der Waals surface area contributed by atoms with Crippen LogP contribution in [0.1, 0.15) is 46.1 Å². The van der Waals surface area contributed by atoms with Gasteiger partial charge in [0.1, 0.15) is 0 Å². The second kappa shape index (κ2) is 6.73. The van der Waals surface area contributed by atoms with Crippen molar-refractivity contribution in [3.63, 3.8) is 0 Å². The first-order valence-corrected chi connectivity index (χ1v) is 8.15. The number of nitrogens with zero attached hydrogens (tertiary/aromatic N) is 1. The summed E-state index contributed by atoms with van der Waals surface area (Å²) in [6, 6.07) is 11.6. The minimum absolute atomic E-state index is 0.0837. The Hall–Kier alpha value is -0.860. The molecule has 112 valence electrons. The average Bonchev–Trinajstić information content (AvgIpc) is 2.48. The summed E-state index contributed by atoms with van der Waals surface area (Å²) in [6.45, 7) is 12.7. The number of benzene rings is 1. The molecule has 0 aliphatic carbocycles. The summed E-state index contributed by atoms with van der Waals surface area (Å²) in [5, 5.41) is 3.82. The molecule has 20 heavy (non-hydrogen) atoms. The highest BCUT2D eigenvalue weighted by molar-refractivity contribution is 5.25. The van der Waals surface area contributed by atoms with Crippen molar-refractivity contribution in [2.24, 2.45) is 5.92 Å². The first-order valence-electron chi connectivity index (χ1n) is 8.15. The van der Waals surface area contributed by atoms with Gasteiger partial charge in [0.25, 0.3) is 0 Å². The Balaban J connectivity index is 2.17. The maximum Gasteiger partial charge on any atom is 0.0535 e. The van der Waals surface area contributed by atoms with Crippen molar-refractivity contribution in [3.05, 3.63) is 35.9 Å². The molecule has 1 fully saturated rings. The van der Waals surface area contributed by atoms with Gasteiger partial charge in [0.05, 0.1) is 5.54 Å². The maximum atomic E-state index is 3.82. The van der Waals surface area contributed by atoms with E-state index in [1.807, 2.05) is 0 Å². The van der Waals surface area contributed by atoms with Gasteiger partial charge in [0.2, 0.25) is 0 Å². The Morgan fingerprint density at radius 3 is 2.60 bits per heavy atom. The normalized spacial score (nSPS) is 29.3. The number of nitrogens with one attached hydrogen (secondary N) is 1. The lowest BCUT2D eigenvalue weighted by molar-refractivity contribution is 0.0556. The minimum atomic E-state index is 0.0837. The lowest BCUT2D eigenvalue weighted by atomic mass is 9.85. The molecule has 1 N–H and O–H groups in total. The topological polar surface area (TPSA) is 15.3 Å². The standard InChI is InChI=1S/C18H30N2/c1-5-12-20-14-18(4,16-10-8-7-9-11-16)19-13-17(20)15(3)6-2/h7-11,15,17,19H,5-6,12-14H2,1-4H3. The number of hydrogen-bond donors (Lipinski definition) is 1. The van der Waals surface area contributed by atoms with Crippen LogP contribution < -0.4 is 5.32 Å². The van der Waals surface area contributed by atoms with E-state index in [1.54, 1.807) is 0 Å². The molecule has 3 atom stereocenters. The molecule has 0 amide bonds. The van der Waals surface area contributed by atoms with Crippen molar-refractivity contribution < 1.29 is 0 Å². The van der Waals surface area contributed by atoms with Gasteiger partial charge in [-0.05, 0) is 31.4 Å². The Morgan fingerprint density at radius 1 is 1.30 bits per heavy atom. The van der Waals surface area contributed by atoms with Crippen LogP contribution in [-0.4, -0.2) is 30.6 Å². The Kier molecular flexibility index (Phi) is 5.22. The average molecular weight is 274 g/mol. The van der Waals surface area contributed by atoms with E-state index in [0.717, 1.165) is 19.0 Å². The maximum absolute atomic E-state index is 3.82. The van der Waals surface area contributed by atoms with Gasteiger partial charge in [-0.25, -0.2) is 0 Å². The van der Waals surface area contributed by atoms with E-state index in [9.17, 15) is 0 Å². The van der Waals surface area contributed by atoms with E-state index in [2.05, 4.69) is 68.2 Å². The molecule has 1 heterocycles. The second-order valence-electron chi connectivity index (χ2n) is 6.50. The molecule has 1 aliphatic heterocycles. The Morgan fingerprint density at radius 2 is 2.00 bits per heavy atom. The molecule has 1 saturated heterocycles. The van der Waals surface area contributed by atoms with Gasteiger partial charge in [-0.1, -0.05) is 57.5 Å². The van der Waals surface area contributed by atoms with E-state index < -0.39 is 0 Å². The van der Waals surface area contributed by atoms with Crippen molar-refractivity contribution in [2.45, 2.75) is 52.1 Å². The predicted octanol–water partition coefficient (Wildman–Crippen LogP) is 3.63. The Labute approximate surface area is 124 Å². The van der Waals surface area contributed by atoms with Gasteiger partial charge < -0.3 is 5.32 Å². The molecule has 1 aromatic carbocycles. The molecule has 0 aromatic heterocycles. The third-order valence-electron chi connectivity index (χ3n) is 4.91. The van der Waals surface area contributed by atoms with Gasteiger partial charge in [0.15, 0.2) is 0 Å². The van der Waals surface area contributed by atoms with Crippen LogP contribution in [0, 0.1) is 5.92 Å². The summed E-state index contributed by atoms with van der Waals surface area (Å²) in [5.41, 5.74) is 1.49. The van der Waals surface area contributed by atoms with Crippen molar-refractivity contribution >= 4 is 0 Å². The van der Waals surface area contributed by atoms with Gasteiger partial charge in [-0.15, -0.1) is 0 Å². The van der Waals surface area contributed by atoms with E-state index in [-0.39, 0.29) is 5.54 Å². The molecule has 2 nitrogen and oxygen atoms in total. The fraction of sp³-hybridized carbons (Fsp3) is 0.667. The summed E-state index contributed by atoms with van der Waals surface area (Å²) in [6.07, 6.45) is 2.49. The molecule has 1 aromatic rings. The van der Waals surface area contributed by atoms with Crippen LogP contribution in [0.3, 0.4) is 0 Å². The fourth-order valence-corrected chi connectivity index (χ4v) is 3.40. The SMILES string of the molecule is CCCN1CC(C)(c2ccccc2)NCC1C(C)CC. The van der Waals surface area contributed by atoms with Crippen molar-refractivity contribution in [1.29, 1.82) is 0 Å². The molecule has 3 unspecified atom stereocenters. The van der Waals surface area contributed by atoms with Gasteiger partial charge in [0, 0.05) is 19.1 Å². The van der Waals surface area contributed by atoms with E-state index in [1.165, 1.54) is 24.9 Å². The first kappa shape index (κ1) is 15.5. The highest BCUT2D eigenvalue weighted by Gasteiger charge is 2.37. The lowest BCUT2D eigenvalue weighted by Gasteiger charge is -2.48. The predicted molar refractivity (Wildman–Crippen MR) is 86.9 cm³/mol. The summed E-state index contributed by atoms with van der Waals surface area (Å²) in [7, 11) is 0. The van der Waals surface area contributed by atoms with Crippen molar-refractivity contribution in [3.8, 4) is 0 Å². The summed E-state index contributed by atoms with van der Waals surface area (Å²) >= 11 is 0. The van der Waals surface area contributed by atoms with Gasteiger partial charge in [-0.2, -0.15) is 0 Å². The van der Waals surface area contributed by atoms with Crippen LogP contribution in [0.2, 0.25) is 0 Å². The molecule has 0 radical (unpaired) electrons. The van der Waals surface area contributed by atoms with E-state index >= 15 is 0 Å².